The zero-order valence-corrected chi connectivity index (χ0v) is 13.0. The molecule has 6 nitrogen and oxygen atoms in total. The first-order valence-electron chi connectivity index (χ1n) is 6.58. The first-order valence-corrected chi connectivity index (χ1v) is 8.02. The van der Waals surface area contributed by atoms with Crippen molar-refractivity contribution in [3.63, 3.8) is 0 Å². The first-order chi connectivity index (χ1) is 10.3. The molecule has 0 atom stereocenters. The topological polar surface area (TPSA) is 87.6 Å². The number of benzene rings is 1. The molecule has 22 heavy (non-hydrogen) atoms. The molecule has 1 aromatic rings. The van der Waals surface area contributed by atoms with Gasteiger partial charge in [0.25, 0.3) is 0 Å². The molecule has 1 aromatic carbocycles. The summed E-state index contributed by atoms with van der Waals surface area (Å²) in [6, 6.07) is 6.16. The number of carbonyl (C=O) groups is 1. The summed E-state index contributed by atoms with van der Waals surface area (Å²) < 4.78 is 42.0. The standard InChI is InChI=1S/C14H16FN3O3S/c1-9-12(10(2)18-22(20,21)17-9)7-14(19)16-8-11-5-3-4-6-13(11)15/h3-6,17H,7-8H2,1-2H3,(H,16,19). The van der Waals surface area contributed by atoms with E-state index in [1.54, 1.807) is 25.1 Å². The van der Waals surface area contributed by atoms with Gasteiger partial charge in [0.1, 0.15) is 5.82 Å². The van der Waals surface area contributed by atoms with Gasteiger partial charge in [-0.3, -0.25) is 9.52 Å². The molecule has 0 saturated carbocycles. The molecule has 0 spiro atoms. The second kappa shape index (κ2) is 6.27. The van der Waals surface area contributed by atoms with Crippen LogP contribution in [0.3, 0.4) is 0 Å². The summed E-state index contributed by atoms with van der Waals surface area (Å²) >= 11 is 0. The molecular weight excluding hydrogens is 309 g/mol. The van der Waals surface area contributed by atoms with E-state index >= 15 is 0 Å². The van der Waals surface area contributed by atoms with Gasteiger partial charge in [-0.2, -0.15) is 8.42 Å². The maximum absolute atomic E-state index is 13.5. The molecule has 1 aliphatic rings. The van der Waals surface area contributed by atoms with Crippen LogP contribution in [0.25, 0.3) is 0 Å². The van der Waals surface area contributed by atoms with Gasteiger partial charge in [0.15, 0.2) is 0 Å². The van der Waals surface area contributed by atoms with Crippen LogP contribution in [-0.4, -0.2) is 20.0 Å². The Labute approximate surface area is 128 Å². The highest BCUT2D eigenvalue weighted by Gasteiger charge is 2.22. The van der Waals surface area contributed by atoms with Crippen LogP contribution in [-0.2, 0) is 21.5 Å². The van der Waals surface area contributed by atoms with Crippen molar-refractivity contribution in [3.05, 3.63) is 46.9 Å². The minimum atomic E-state index is -3.71. The van der Waals surface area contributed by atoms with Gasteiger partial charge in [-0.15, -0.1) is 4.40 Å². The van der Waals surface area contributed by atoms with E-state index in [1.807, 2.05) is 0 Å². The van der Waals surface area contributed by atoms with Gasteiger partial charge >= 0.3 is 10.2 Å². The number of hydrogen-bond acceptors (Lipinski definition) is 3. The van der Waals surface area contributed by atoms with E-state index in [0.29, 0.717) is 16.8 Å². The van der Waals surface area contributed by atoms with Crippen molar-refractivity contribution in [1.29, 1.82) is 0 Å². The Balaban J connectivity index is 2.01. The highest BCUT2D eigenvalue weighted by molar-refractivity contribution is 7.88. The average molecular weight is 325 g/mol. The van der Waals surface area contributed by atoms with E-state index in [4.69, 9.17) is 0 Å². The Hall–Kier alpha value is -2.22. The van der Waals surface area contributed by atoms with Crippen molar-refractivity contribution in [2.24, 2.45) is 4.40 Å². The predicted octanol–water partition coefficient (Wildman–Crippen LogP) is 1.41. The van der Waals surface area contributed by atoms with Crippen LogP contribution in [0, 0.1) is 5.82 Å². The molecule has 1 amide bonds. The molecule has 0 bridgehead atoms. The summed E-state index contributed by atoms with van der Waals surface area (Å²) in [7, 11) is -3.71. The molecule has 8 heteroatoms. The van der Waals surface area contributed by atoms with Crippen LogP contribution in [0.15, 0.2) is 39.9 Å². The van der Waals surface area contributed by atoms with E-state index in [9.17, 15) is 17.6 Å². The van der Waals surface area contributed by atoms with Crippen molar-refractivity contribution >= 4 is 21.8 Å². The quantitative estimate of drug-likeness (QED) is 0.877. The number of halogens is 1. The van der Waals surface area contributed by atoms with Crippen LogP contribution in [0.2, 0.25) is 0 Å². The Bertz CT molecular complexity index is 769. The van der Waals surface area contributed by atoms with Gasteiger partial charge in [0.05, 0.1) is 12.1 Å². The number of amides is 1. The van der Waals surface area contributed by atoms with E-state index < -0.39 is 10.2 Å². The largest absolute Gasteiger partial charge is 0.352 e. The molecule has 1 aliphatic heterocycles. The SMILES string of the molecule is CC1=NS(=O)(=O)NC(C)=C1CC(=O)NCc1ccccc1F. The number of rotatable bonds is 4. The predicted molar refractivity (Wildman–Crippen MR) is 80.7 cm³/mol. The van der Waals surface area contributed by atoms with Crippen LogP contribution in [0.5, 0.6) is 0 Å². The molecule has 0 fully saturated rings. The van der Waals surface area contributed by atoms with Crippen molar-refractivity contribution in [2.45, 2.75) is 26.8 Å². The van der Waals surface area contributed by atoms with Gasteiger partial charge in [-0.25, -0.2) is 4.39 Å². The molecule has 0 saturated heterocycles. The Morgan fingerprint density at radius 2 is 2.00 bits per heavy atom. The summed E-state index contributed by atoms with van der Waals surface area (Å²) in [6.45, 7) is 3.16. The third-order valence-corrected chi connectivity index (χ3v) is 4.28. The fraction of sp³-hybridized carbons (Fsp3) is 0.286. The lowest BCUT2D eigenvalue weighted by Crippen LogP contribution is -2.31. The highest BCUT2D eigenvalue weighted by atomic mass is 32.2. The molecule has 1 heterocycles. The lowest BCUT2D eigenvalue weighted by Gasteiger charge is -2.17. The normalized spacial score (nSPS) is 16.8. The van der Waals surface area contributed by atoms with Gasteiger partial charge in [0, 0.05) is 23.4 Å². The van der Waals surface area contributed by atoms with Crippen LogP contribution in [0.4, 0.5) is 4.39 Å². The lowest BCUT2D eigenvalue weighted by molar-refractivity contribution is -0.120. The Morgan fingerprint density at radius 1 is 1.32 bits per heavy atom. The van der Waals surface area contributed by atoms with Gasteiger partial charge in [0.2, 0.25) is 5.91 Å². The molecular formula is C14H16FN3O3S. The third kappa shape index (κ3) is 3.91. The van der Waals surface area contributed by atoms with Crippen LogP contribution >= 0.6 is 0 Å². The minimum absolute atomic E-state index is 0.0296. The molecule has 118 valence electrons. The maximum atomic E-state index is 13.5. The van der Waals surface area contributed by atoms with Crippen molar-refractivity contribution < 1.29 is 17.6 Å². The highest BCUT2D eigenvalue weighted by Crippen LogP contribution is 2.16. The van der Waals surface area contributed by atoms with Crippen LogP contribution < -0.4 is 10.0 Å². The van der Waals surface area contributed by atoms with Crippen molar-refractivity contribution in [1.82, 2.24) is 10.0 Å². The second-order valence-electron chi connectivity index (χ2n) is 4.90. The first kappa shape index (κ1) is 16.2. The number of hydrogen-bond donors (Lipinski definition) is 2. The summed E-state index contributed by atoms with van der Waals surface area (Å²) in [5.41, 5.74) is 1.54. The molecule has 2 rings (SSSR count). The molecule has 0 unspecified atom stereocenters. The summed E-state index contributed by atoms with van der Waals surface area (Å²) in [4.78, 5) is 11.9. The van der Waals surface area contributed by atoms with Gasteiger partial charge in [-0.05, 0) is 19.9 Å². The summed E-state index contributed by atoms with van der Waals surface area (Å²) in [6.07, 6.45) is -0.0296. The van der Waals surface area contributed by atoms with Crippen LogP contribution in [0.1, 0.15) is 25.8 Å². The zero-order valence-electron chi connectivity index (χ0n) is 12.2. The lowest BCUT2D eigenvalue weighted by atomic mass is 10.1. The fourth-order valence-electron chi connectivity index (χ4n) is 2.10. The molecule has 0 radical (unpaired) electrons. The minimum Gasteiger partial charge on any atom is -0.352 e. The summed E-state index contributed by atoms with van der Waals surface area (Å²) in [5, 5.41) is 2.60. The zero-order chi connectivity index (χ0) is 16.3. The Kier molecular flexibility index (Phi) is 4.60. The van der Waals surface area contributed by atoms with Crippen molar-refractivity contribution in [2.75, 3.05) is 0 Å². The Morgan fingerprint density at radius 3 is 2.64 bits per heavy atom. The van der Waals surface area contributed by atoms with Gasteiger partial charge < -0.3 is 5.32 Å². The molecule has 0 aliphatic carbocycles. The van der Waals surface area contributed by atoms with E-state index in [-0.39, 0.29) is 30.4 Å². The van der Waals surface area contributed by atoms with E-state index in [1.165, 1.54) is 13.0 Å². The number of allylic oxidation sites excluding steroid dienone is 1. The van der Waals surface area contributed by atoms with Crippen molar-refractivity contribution in [3.8, 4) is 0 Å². The number of carbonyl (C=O) groups excluding carboxylic acids is 1. The van der Waals surface area contributed by atoms with E-state index in [0.717, 1.165) is 0 Å². The third-order valence-electron chi connectivity index (χ3n) is 3.20. The van der Waals surface area contributed by atoms with Gasteiger partial charge in [-0.1, -0.05) is 18.2 Å². The maximum Gasteiger partial charge on any atom is 0.342 e. The second-order valence-corrected chi connectivity index (χ2v) is 6.24. The summed E-state index contributed by atoms with van der Waals surface area (Å²) in [5.74, 6) is -0.727. The van der Waals surface area contributed by atoms with E-state index in [2.05, 4.69) is 14.4 Å². The number of nitrogens with one attached hydrogen (secondary N) is 2. The molecule has 2 N–H and O–H groups in total. The average Bonchev–Trinajstić information content (AvgIpc) is 2.41. The monoisotopic (exact) mass is 325 g/mol. The number of nitrogens with zero attached hydrogens (tertiary/aromatic N) is 1. The smallest absolute Gasteiger partial charge is 0.342 e. The molecule has 0 aromatic heterocycles. The fourth-order valence-corrected chi connectivity index (χ4v) is 3.13.